The summed E-state index contributed by atoms with van der Waals surface area (Å²) in [7, 11) is 0. The predicted molar refractivity (Wildman–Crippen MR) is 70.4 cm³/mol. The minimum atomic E-state index is -0.190. The van der Waals surface area contributed by atoms with E-state index in [1.807, 2.05) is 0 Å². The molecule has 1 aliphatic rings. The summed E-state index contributed by atoms with van der Waals surface area (Å²) in [5, 5.41) is 12.4. The molecule has 0 bridgehead atoms. The summed E-state index contributed by atoms with van der Waals surface area (Å²) in [6.07, 6.45) is 0.855. The predicted octanol–water partition coefficient (Wildman–Crippen LogP) is 2.70. The molecule has 2 N–H and O–H groups in total. The van der Waals surface area contributed by atoms with Crippen LogP contribution in [0.15, 0.2) is 22.7 Å². The van der Waals surface area contributed by atoms with E-state index in [1.165, 1.54) is 0 Å². The van der Waals surface area contributed by atoms with Gasteiger partial charge in [-0.3, -0.25) is 0 Å². The SMILES string of the molecule is O=C(Nc1ccc(Cl)c(Br)c1)N1CCC1CO. The van der Waals surface area contributed by atoms with Gasteiger partial charge in [-0.25, -0.2) is 4.79 Å². The molecule has 1 atom stereocenters. The number of hydrogen-bond donors (Lipinski definition) is 2. The fourth-order valence-corrected chi connectivity index (χ4v) is 2.16. The molecule has 0 aromatic heterocycles. The van der Waals surface area contributed by atoms with Crippen molar-refractivity contribution in [2.75, 3.05) is 18.5 Å². The Morgan fingerprint density at radius 1 is 1.65 bits per heavy atom. The summed E-state index contributed by atoms with van der Waals surface area (Å²) in [6.45, 7) is 0.698. The zero-order valence-corrected chi connectivity index (χ0v) is 11.3. The molecule has 1 aromatic rings. The minimum Gasteiger partial charge on any atom is -0.394 e. The van der Waals surface area contributed by atoms with E-state index in [0.29, 0.717) is 17.3 Å². The molecular formula is C11H12BrClN2O2. The number of benzene rings is 1. The number of rotatable bonds is 2. The molecule has 1 heterocycles. The highest BCUT2D eigenvalue weighted by molar-refractivity contribution is 9.10. The van der Waals surface area contributed by atoms with Crippen LogP contribution in [-0.4, -0.2) is 35.2 Å². The molecule has 0 aliphatic carbocycles. The molecule has 1 aliphatic heterocycles. The highest BCUT2D eigenvalue weighted by Crippen LogP contribution is 2.26. The molecule has 92 valence electrons. The Labute approximate surface area is 113 Å². The van der Waals surface area contributed by atoms with Crippen molar-refractivity contribution in [3.05, 3.63) is 27.7 Å². The van der Waals surface area contributed by atoms with E-state index in [4.69, 9.17) is 16.7 Å². The van der Waals surface area contributed by atoms with Crippen LogP contribution >= 0.6 is 27.5 Å². The third-order valence-corrected chi connectivity index (χ3v) is 4.00. The average Bonchev–Trinajstić information content (AvgIpc) is 2.22. The molecule has 1 unspecified atom stereocenters. The van der Waals surface area contributed by atoms with Crippen LogP contribution < -0.4 is 5.32 Å². The summed E-state index contributed by atoms with van der Waals surface area (Å²) in [5.74, 6) is 0. The fraction of sp³-hybridized carbons (Fsp3) is 0.364. The standard InChI is InChI=1S/C11H12BrClN2O2/c12-9-5-7(1-2-10(9)13)14-11(17)15-4-3-8(15)6-16/h1-2,5,8,16H,3-4,6H2,(H,14,17). The summed E-state index contributed by atoms with van der Waals surface area (Å²) in [6, 6.07) is 4.95. The van der Waals surface area contributed by atoms with Crippen LogP contribution in [0, 0.1) is 0 Å². The maximum atomic E-state index is 11.8. The van der Waals surface area contributed by atoms with Crippen molar-refractivity contribution in [1.29, 1.82) is 0 Å². The van der Waals surface area contributed by atoms with Crippen molar-refractivity contribution in [2.24, 2.45) is 0 Å². The number of anilines is 1. The van der Waals surface area contributed by atoms with Crippen LogP contribution in [0.5, 0.6) is 0 Å². The van der Waals surface area contributed by atoms with Crippen molar-refractivity contribution in [3.63, 3.8) is 0 Å². The van der Waals surface area contributed by atoms with Gasteiger partial charge in [-0.2, -0.15) is 0 Å². The maximum Gasteiger partial charge on any atom is 0.322 e. The van der Waals surface area contributed by atoms with Gasteiger partial charge in [0.1, 0.15) is 0 Å². The fourth-order valence-electron chi connectivity index (χ4n) is 1.67. The number of hydrogen-bond acceptors (Lipinski definition) is 2. The van der Waals surface area contributed by atoms with Crippen molar-refractivity contribution >= 4 is 39.2 Å². The molecule has 2 rings (SSSR count). The first-order valence-electron chi connectivity index (χ1n) is 5.25. The highest BCUT2D eigenvalue weighted by Gasteiger charge is 2.31. The molecule has 0 radical (unpaired) electrons. The Hall–Kier alpha value is -0.780. The number of amides is 2. The molecule has 6 heteroatoms. The number of aliphatic hydroxyl groups excluding tert-OH is 1. The quantitative estimate of drug-likeness (QED) is 0.880. The lowest BCUT2D eigenvalue weighted by Gasteiger charge is -2.39. The first-order valence-corrected chi connectivity index (χ1v) is 6.42. The monoisotopic (exact) mass is 318 g/mol. The summed E-state index contributed by atoms with van der Waals surface area (Å²) in [5.41, 5.74) is 0.676. The molecule has 0 saturated carbocycles. The van der Waals surface area contributed by atoms with Gasteiger partial charge in [-0.1, -0.05) is 11.6 Å². The number of carbonyl (C=O) groups is 1. The van der Waals surface area contributed by atoms with Gasteiger partial charge in [0.25, 0.3) is 0 Å². The van der Waals surface area contributed by atoms with Crippen LogP contribution in [-0.2, 0) is 0 Å². The van der Waals surface area contributed by atoms with Gasteiger partial charge in [-0.15, -0.1) is 0 Å². The number of aliphatic hydroxyl groups is 1. The second-order valence-corrected chi connectivity index (χ2v) is 5.14. The first kappa shape index (κ1) is 12.7. The number of likely N-dealkylation sites (tertiary alicyclic amines) is 1. The zero-order chi connectivity index (χ0) is 12.4. The summed E-state index contributed by atoms with van der Waals surface area (Å²) >= 11 is 9.15. The van der Waals surface area contributed by atoms with E-state index >= 15 is 0 Å². The van der Waals surface area contributed by atoms with Crippen LogP contribution in [0.25, 0.3) is 0 Å². The van der Waals surface area contributed by atoms with E-state index in [9.17, 15) is 4.79 Å². The van der Waals surface area contributed by atoms with Crippen molar-refractivity contribution < 1.29 is 9.90 Å². The van der Waals surface area contributed by atoms with E-state index in [0.717, 1.165) is 10.9 Å². The Morgan fingerprint density at radius 2 is 2.41 bits per heavy atom. The molecule has 1 aromatic carbocycles. The van der Waals surface area contributed by atoms with Gasteiger partial charge in [0.15, 0.2) is 0 Å². The molecular weight excluding hydrogens is 307 g/mol. The van der Waals surface area contributed by atoms with E-state index in [-0.39, 0.29) is 18.7 Å². The van der Waals surface area contributed by atoms with Gasteiger partial charge in [0.05, 0.1) is 17.7 Å². The lowest BCUT2D eigenvalue weighted by molar-refractivity contribution is 0.0770. The second-order valence-electron chi connectivity index (χ2n) is 3.88. The number of nitrogens with zero attached hydrogens (tertiary/aromatic N) is 1. The smallest absolute Gasteiger partial charge is 0.322 e. The second kappa shape index (κ2) is 5.25. The zero-order valence-electron chi connectivity index (χ0n) is 8.99. The lowest BCUT2D eigenvalue weighted by atomic mass is 10.1. The topological polar surface area (TPSA) is 52.6 Å². The Morgan fingerprint density at radius 3 is 2.94 bits per heavy atom. The molecule has 17 heavy (non-hydrogen) atoms. The molecule has 1 saturated heterocycles. The highest BCUT2D eigenvalue weighted by atomic mass is 79.9. The number of carbonyl (C=O) groups excluding carboxylic acids is 1. The Balaban J connectivity index is 2.00. The first-order chi connectivity index (χ1) is 8.11. The number of nitrogens with one attached hydrogen (secondary N) is 1. The largest absolute Gasteiger partial charge is 0.394 e. The van der Waals surface area contributed by atoms with Gasteiger partial charge >= 0.3 is 6.03 Å². The Kier molecular flexibility index (Phi) is 3.91. The van der Waals surface area contributed by atoms with Gasteiger partial charge in [-0.05, 0) is 40.5 Å². The van der Waals surface area contributed by atoms with E-state index < -0.39 is 0 Å². The van der Waals surface area contributed by atoms with Crippen molar-refractivity contribution in [2.45, 2.75) is 12.5 Å². The molecule has 4 nitrogen and oxygen atoms in total. The maximum absolute atomic E-state index is 11.8. The molecule has 1 fully saturated rings. The summed E-state index contributed by atoms with van der Waals surface area (Å²) < 4.78 is 0.735. The van der Waals surface area contributed by atoms with E-state index in [1.54, 1.807) is 23.1 Å². The number of urea groups is 1. The van der Waals surface area contributed by atoms with Crippen LogP contribution in [0.4, 0.5) is 10.5 Å². The molecule has 2 amide bonds. The average molecular weight is 320 g/mol. The number of halogens is 2. The van der Waals surface area contributed by atoms with Crippen LogP contribution in [0.2, 0.25) is 5.02 Å². The van der Waals surface area contributed by atoms with Crippen molar-refractivity contribution in [1.82, 2.24) is 4.90 Å². The van der Waals surface area contributed by atoms with Crippen LogP contribution in [0.3, 0.4) is 0 Å². The van der Waals surface area contributed by atoms with Crippen molar-refractivity contribution in [3.8, 4) is 0 Å². The summed E-state index contributed by atoms with van der Waals surface area (Å²) in [4.78, 5) is 13.4. The van der Waals surface area contributed by atoms with Crippen LogP contribution in [0.1, 0.15) is 6.42 Å². The molecule has 0 spiro atoms. The Bertz CT molecular complexity index is 439. The van der Waals surface area contributed by atoms with Gasteiger partial charge in [0, 0.05) is 16.7 Å². The van der Waals surface area contributed by atoms with Gasteiger partial charge in [0.2, 0.25) is 0 Å². The normalized spacial score (nSPS) is 18.8. The van der Waals surface area contributed by atoms with Gasteiger partial charge < -0.3 is 15.3 Å². The third-order valence-electron chi connectivity index (χ3n) is 2.79. The minimum absolute atomic E-state index is 0.0116. The lowest BCUT2D eigenvalue weighted by Crippen LogP contribution is -2.54. The van der Waals surface area contributed by atoms with E-state index in [2.05, 4.69) is 21.2 Å². The third kappa shape index (κ3) is 2.73.